The molecular formula is C13H22N4O2. The highest BCUT2D eigenvalue weighted by Crippen LogP contribution is 2.01. The summed E-state index contributed by atoms with van der Waals surface area (Å²) in [5.41, 5.74) is 0.407. The summed E-state index contributed by atoms with van der Waals surface area (Å²) in [5.74, 6) is 0.293. The van der Waals surface area contributed by atoms with Crippen molar-refractivity contribution in [2.24, 2.45) is 5.92 Å². The molecule has 0 fully saturated rings. The zero-order valence-corrected chi connectivity index (χ0v) is 11.8. The van der Waals surface area contributed by atoms with Crippen LogP contribution in [0.15, 0.2) is 17.1 Å². The normalized spacial score (nSPS) is 10.5. The van der Waals surface area contributed by atoms with Crippen LogP contribution in [-0.2, 0) is 11.3 Å². The second-order valence-corrected chi connectivity index (χ2v) is 4.86. The molecule has 1 aromatic heterocycles. The minimum absolute atomic E-state index is 0.0384. The van der Waals surface area contributed by atoms with Crippen LogP contribution in [0.5, 0.6) is 0 Å². The minimum atomic E-state index is -0.277. The van der Waals surface area contributed by atoms with Crippen LogP contribution in [0.25, 0.3) is 0 Å². The Hall–Kier alpha value is -1.85. The van der Waals surface area contributed by atoms with Crippen molar-refractivity contribution in [2.75, 3.05) is 18.4 Å². The molecule has 0 aromatic carbocycles. The van der Waals surface area contributed by atoms with Crippen molar-refractivity contribution in [2.45, 2.75) is 33.7 Å². The van der Waals surface area contributed by atoms with E-state index in [1.165, 1.54) is 6.07 Å². The minimum Gasteiger partial charge on any atom is -0.383 e. The van der Waals surface area contributed by atoms with Gasteiger partial charge in [0, 0.05) is 19.2 Å². The molecule has 6 nitrogen and oxygen atoms in total. The van der Waals surface area contributed by atoms with Crippen LogP contribution in [0.1, 0.15) is 27.2 Å². The quantitative estimate of drug-likeness (QED) is 0.766. The Balaban J connectivity index is 2.62. The summed E-state index contributed by atoms with van der Waals surface area (Å²) in [6, 6.07) is 1.46. The molecule has 0 aliphatic rings. The lowest BCUT2D eigenvalue weighted by molar-refractivity contribution is -0.121. The van der Waals surface area contributed by atoms with E-state index in [9.17, 15) is 9.59 Å². The van der Waals surface area contributed by atoms with E-state index < -0.39 is 0 Å². The highest BCUT2D eigenvalue weighted by atomic mass is 16.2. The molecule has 106 valence electrons. The van der Waals surface area contributed by atoms with E-state index in [-0.39, 0.29) is 18.0 Å². The van der Waals surface area contributed by atoms with Gasteiger partial charge in [-0.1, -0.05) is 20.8 Å². The summed E-state index contributed by atoms with van der Waals surface area (Å²) in [6.07, 6.45) is 2.43. The van der Waals surface area contributed by atoms with Crippen LogP contribution in [0, 0.1) is 5.92 Å². The lowest BCUT2D eigenvalue weighted by Gasteiger charge is -2.09. The molecule has 1 aromatic rings. The zero-order valence-electron chi connectivity index (χ0n) is 11.8. The Morgan fingerprint density at radius 3 is 2.79 bits per heavy atom. The predicted molar refractivity (Wildman–Crippen MR) is 75.1 cm³/mol. The van der Waals surface area contributed by atoms with Crippen molar-refractivity contribution in [3.63, 3.8) is 0 Å². The highest BCUT2D eigenvalue weighted by molar-refractivity contribution is 5.75. The summed E-state index contributed by atoms with van der Waals surface area (Å²) in [5, 5.41) is 9.82. The van der Waals surface area contributed by atoms with Gasteiger partial charge in [-0.05, 0) is 12.3 Å². The van der Waals surface area contributed by atoms with Gasteiger partial charge in [0.25, 0.3) is 5.56 Å². The average Bonchev–Trinajstić information content (AvgIpc) is 2.36. The smallest absolute Gasteiger partial charge is 0.269 e. The van der Waals surface area contributed by atoms with E-state index in [1.54, 1.807) is 6.20 Å². The number of carbonyl (C=O) groups excluding carboxylic acids is 1. The van der Waals surface area contributed by atoms with Gasteiger partial charge in [0.05, 0.1) is 11.9 Å². The molecule has 1 heterocycles. The van der Waals surface area contributed by atoms with E-state index >= 15 is 0 Å². The maximum absolute atomic E-state index is 11.8. The first-order valence-corrected chi connectivity index (χ1v) is 6.60. The molecule has 0 radical (unpaired) electrons. The Bertz CT molecular complexity index is 468. The first-order chi connectivity index (χ1) is 9.02. The van der Waals surface area contributed by atoms with Crippen LogP contribution in [0.3, 0.4) is 0 Å². The van der Waals surface area contributed by atoms with Crippen molar-refractivity contribution in [3.8, 4) is 0 Å². The lowest BCUT2D eigenvalue weighted by Crippen LogP contribution is -2.33. The average molecular weight is 266 g/mol. The SMILES string of the molecule is CCCNC(=O)Cn1ncc(NCC(C)C)cc1=O. The predicted octanol–water partition coefficient (Wildman–Crippen LogP) is 0.837. The molecule has 0 unspecified atom stereocenters. The molecule has 1 rings (SSSR count). The fourth-order valence-electron chi connectivity index (χ4n) is 1.43. The maximum atomic E-state index is 11.8. The first kappa shape index (κ1) is 15.2. The number of carbonyl (C=O) groups is 1. The standard InChI is InChI=1S/C13H22N4O2/c1-4-5-14-12(18)9-17-13(19)6-11(8-16-17)15-7-10(2)3/h6,8,10,15H,4-5,7,9H2,1-3H3,(H,14,18). The van der Waals surface area contributed by atoms with E-state index in [4.69, 9.17) is 0 Å². The maximum Gasteiger partial charge on any atom is 0.269 e. The van der Waals surface area contributed by atoms with Gasteiger partial charge in [-0.25, -0.2) is 4.68 Å². The fourth-order valence-corrected chi connectivity index (χ4v) is 1.43. The van der Waals surface area contributed by atoms with Crippen molar-refractivity contribution < 1.29 is 4.79 Å². The van der Waals surface area contributed by atoms with Gasteiger partial charge in [0.2, 0.25) is 5.91 Å². The largest absolute Gasteiger partial charge is 0.383 e. The Labute approximate surface area is 113 Å². The number of amides is 1. The second kappa shape index (κ2) is 7.56. The molecule has 0 atom stereocenters. The molecule has 1 amide bonds. The summed E-state index contributed by atoms with van der Waals surface area (Å²) in [4.78, 5) is 23.3. The Kier molecular flexibility index (Phi) is 6.05. The van der Waals surface area contributed by atoms with Crippen LogP contribution in [0.2, 0.25) is 0 Å². The number of hydrogen-bond acceptors (Lipinski definition) is 4. The van der Waals surface area contributed by atoms with Crippen molar-refractivity contribution >= 4 is 11.6 Å². The molecule has 6 heteroatoms. The number of nitrogens with one attached hydrogen (secondary N) is 2. The van der Waals surface area contributed by atoms with Crippen molar-refractivity contribution in [3.05, 3.63) is 22.6 Å². The first-order valence-electron chi connectivity index (χ1n) is 6.60. The summed E-state index contributed by atoms with van der Waals surface area (Å²) in [6.45, 7) is 7.49. The third kappa shape index (κ3) is 5.54. The fraction of sp³-hybridized carbons (Fsp3) is 0.615. The topological polar surface area (TPSA) is 76.0 Å². The third-order valence-electron chi connectivity index (χ3n) is 2.45. The summed E-state index contributed by atoms with van der Waals surface area (Å²) in [7, 11) is 0. The number of hydrogen-bond donors (Lipinski definition) is 2. The lowest BCUT2D eigenvalue weighted by atomic mass is 10.2. The van der Waals surface area contributed by atoms with E-state index in [0.29, 0.717) is 18.2 Å². The van der Waals surface area contributed by atoms with Gasteiger partial charge in [0.15, 0.2) is 0 Å². The van der Waals surface area contributed by atoms with Crippen LogP contribution >= 0.6 is 0 Å². The number of aromatic nitrogens is 2. The summed E-state index contributed by atoms with van der Waals surface area (Å²) < 4.78 is 1.16. The Morgan fingerprint density at radius 1 is 1.47 bits per heavy atom. The van der Waals surface area contributed by atoms with Gasteiger partial charge in [-0.3, -0.25) is 9.59 Å². The van der Waals surface area contributed by atoms with Gasteiger partial charge in [-0.2, -0.15) is 5.10 Å². The van der Waals surface area contributed by atoms with Crippen molar-refractivity contribution in [1.82, 2.24) is 15.1 Å². The van der Waals surface area contributed by atoms with E-state index in [1.807, 2.05) is 6.92 Å². The zero-order chi connectivity index (χ0) is 14.3. The third-order valence-corrected chi connectivity index (χ3v) is 2.45. The Morgan fingerprint density at radius 2 is 2.21 bits per heavy atom. The van der Waals surface area contributed by atoms with Gasteiger partial charge < -0.3 is 10.6 Å². The van der Waals surface area contributed by atoms with E-state index in [2.05, 4.69) is 29.6 Å². The van der Waals surface area contributed by atoms with Crippen LogP contribution in [0.4, 0.5) is 5.69 Å². The van der Waals surface area contributed by atoms with Gasteiger partial charge >= 0.3 is 0 Å². The molecule has 19 heavy (non-hydrogen) atoms. The van der Waals surface area contributed by atoms with Gasteiger partial charge in [0.1, 0.15) is 6.54 Å². The molecule has 0 aliphatic carbocycles. The van der Waals surface area contributed by atoms with E-state index in [0.717, 1.165) is 17.6 Å². The number of anilines is 1. The molecule has 0 aliphatic heterocycles. The number of nitrogens with zero attached hydrogens (tertiary/aromatic N) is 2. The molecule has 0 saturated carbocycles. The van der Waals surface area contributed by atoms with Crippen LogP contribution < -0.4 is 16.2 Å². The monoisotopic (exact) mass is 266 g/mol. The molecule has 0 saturated heterocycles. The number of rotatable bonds is 7. The molecular weight excluding hydrogens is 244 g/mol. The molecule has 2 N–H and O–H groups in total. The van der Waals surface area contributed by atoms with Crippen molar-refractivity contribution in [1.29, 1.82) is 0 Å². The highest BCUT2D eigenvalue weighted by Gasteiger charge is 2.05. The molecule has 0 spiro atoms. The van der Waals surface area contributed by atoms with Gasteiger partial charge in [-0.15, -0.1) is 0 Å². The molecule has 0 bridgehead atoms. The van der Waals surface area contributed by atoms with Crippen LogP contribution in [-0.4, -0.2) is 28.8 Å². The second-order valence-electron chi connectivity index (χ2n) is 4.86. The summed E-state index contributed by atoms with van der Waals surface area (Å²) >= 11 is 0.